The second kappa shape index (κ2) is 3.56. The largest absolute Gasteiger partial charge is 0.392 e. The van der Waals surface area contributed by atoms with Gasteiger partial charge in [0.25, 0.3) is 0 Å². The molecule has 3 unspecified atom stereocenters. The van der Waals surface area contributed by atoms with E-state index in [2.05, 4.69) is 18.7 Å². The first kappa shape index (κ1) is 11.0. The summed E-state index contributed by atoms with van der Waals surface area (Å²) in [6, 6.07) is 0.136. The average Bonchev–Trinajstić information content (AvgIpc) is 2.25. The van der Waals surface area contributed by atoms with Crippen molar-refractivity contribution in [1.82, 2.24) is 4.90 Å². The van der Waals surface area contributed by atoms with Crippen molar-refractivity contribution >= 4 is 0 Å². The molecule has 0 amide bonds. The van der Waals surface area contributed by atoms with E-state index in [0.717, 1.165) is 6.54 Å². The summed E-state index contributed by atoms with van der Waals surface area (Å²) in [7, 11) is 0. The van der Waals surface area contributed by atoms with Gasteiger partial charge in [0.1, 0.15) is 0 Å². The van der Waals surface area contributed by atoms with Crippen molar-refractivity contribution in [2.24, 2.45) is 5.41 Å². The predicted molar refractivity (Wildman–Crippen MR) is 52.5 cm³/mol. The Bertz CT molecular complexity index is 180. The summed E-state index contributed by atoms with van der Waals surface area (Å²) in [5, 5.41) is 19.1. The molecule has 0 spiro atoms. The van der Waals surface area contributed by atoms with Gasteiger partial charge in [-0.25, -0.2) is 0 Å². The summed E-state index contributed by atoms with van der Waals surface area (Å²) in [6.07, 6.45) is -0.602. The Labute approximate surface area is 80.4 Å². The van der Waals surface area contributed by atoms with Crippen molar-refractivity contribution in [2.45, 2.75) is 45.9 Å². The Morgan fingerprint density at radius 1 is 1.38 bits per heavy atom. The number of likely N-dealkylation sites (tertiary alicyclic amines) is 1. The highest BCUT2D eigenvalue weighted by Gasteiger charge is 2.40. The number of aliphatic hydroxyl groups is 2. The third kappa shape index (κ3) is 2.22. The third-order valence-electron chi connectivity index (χ3n) is 3.19. The van der Waals surface area contributed by atoms with Crippen LogP contribution < -0.4 is 0 Å². The van der Waals surface area contributed by atoms with E-state index in [-0.39, 0.29) is 23.7 Å². The predicted octanol–water partition coefficient (Wildman–Crippen LogP) is 0.458. The zero-order chi connectivity index (χ0) is 10.2. The average molecular weight is 187 g/mol. The Kier molecular flexibility index (Phi) is 3.00. The molecule has 1 aliphatic rings. The highest BCUT2D eigenvalue weighted by atomic mass is 16.3. The maximum Gasteiger partial charge on any atom is 0.0730 e. The van der Waals surface area contributed by atoms with Gasteiger partial charge in [-0.1, -0.05) is 13.8 Å². The smallest absolute Gasteiger partial charge is 0.0730 e. The molecule has 0 radical (unpaired) electrons. The molecule has 1 fully saturated rings. The minimum absolute atomic E-state index is 0.0385. The van der Waals surface area contributed by atoms with Crippen molar-refractivity contribution in [3.05, 3.63) is 0 Å². The fourth-order valence-corrected chi connectivity index (χ4v) is 1.78. The topological polar surface area (TPSA) is 43.7 Å². The van der Waals surface area contributed by atoms with Crippen LogP contribution >= 0.6 is 0 Å². The van der Waals surface area contributed by atoms with E-state index >= 15 is 0 Å². The quantitative estimate of drug-likeness (QED) is 0.660. The molecule has 0 aliphatic carbocycles. The van der Waals surface area contributed by atoms with Crippen LogP contribution in [0.2, 0.25) is 0 Å². The van der Waals surface area contributed by atoms with E-state index in [0.29, 0.717) is 6.54 Å². The van der Waals surface area contributed by atoms with Crippen molar-refractivity contribution in [3.63, 3.8) is 0 Å². The molecule has 3 heteroatoms. The van der Waals surface area contributed by atoms with Crippen LogP contribution in [0.3, 0.4) is 0 Å². The molecule has 1 heterocycles. The van der Waals surface area contributed by atoms with Crippen molar-refractivity contribution in [2.75, 3.05) is 13.1 Å². The first-order chi connectivity index (χ1) is 5.84. The van der Waals surface area contributed by atoms with Crippen molar-refractivity contribution in [1.29, 1.82) is 0 Å². The number of hydrogen-bond donors (Lipinski definition) is 2. The number of rotatable bonds is 2. The molecule has 3 atom stereocenters. The minimum Gasteiger partial charge on any atom is -0.392 e. The van der Waals surface area contributed by atoms with E-state index in [9.17, 15) is 10.2 Å². The minimum atomic E-state index is -0.332. The van der Waals surface area contributed by atoms with Gasteiger partial charge in [-0.15, -0.1) is 0 Å². The van der Waals surface area contributed by atoms with Crippen LogP contribution in [0.4, 0.5) is 0 Å². The lowest BCUT2D eigenvalue weighted by Gasteiger charge is -2.27. The lowest BCUT2D eigenvalue weighted by atomic mass is 9.90. The zero-order valence-electron chi connectivity index (χ0n) is 8.99. The normalized spacial score (nSPS) is 33.2. The van der Waals surface area contributed by atoms with Gasteiger partial charge in [-0.3, -0.25) is 4.90 Å². The van der Waals surface area contributed by atoms with E-state index in [4.69, 9.17) is 0 Å². The maximum absolute atomic E-state index is 9.73. The van der Waals surface area contributed by atoms with Crippen molar-refractivity contribution in [3.8, 4) is 0 Å². The SMILES string of the molecule is CC(O)C(C)N1CC(O)C(C)(C)C1. The molecular weight excluding hydrogens is 166 g/mol. The van der Waals surface area contributed by atoms with E-state index in [1.165, 1.54) is 0 Å². The molecule has 2 N–H and O–H groups in total. The van der Waals surface area contributed by atoms with Crippen LogP contribution in [0.5, 0.6) is 0 Å². The Morgan fingerprint density at radius 2 is 1.92 bits per heavy atom. The molecule has 0 aromatic rings. The molecule has 0 aromatic carbocycles. The summed E-state index contributed by atoms with van der Waals surface area (Å²) >= 11 is 0. The van der Waals surface area contributed by atoms with Crippen molar-refractivity contribution < 1.29 is 10.2 Å². The highest BCUT2D eigenvalue weighted by Crippen LogP contribution is 2.31. The third-order valence-corrected chi connectivity index (χ3v) is 3.19. The number of nitrogens with zero attached hydrogens (tertiary/aromatic N) is 1. The monoisotopic (exact) mass is 187 g/mol. The van der Waals surface area contributed by atoms with E-state index in [1.54, 1.807) is 6.92 Å². The summed E-state index contributed by atoms with van der Waals surface area (Å²) in [5.41, 5.74) is -0.0385. The van der Waals surface area contributed by atoms with E-state index in [1.807, 2.05) is 6.92 Å². The molecule has 78 valence electrons. The maximum atomic E-state index is 9.73. The molecule has 1 rings (SSSR count). The summed E-state index contributed by atoms with van der Waals surface area (Å²) in [6.45, 7) is 9.46. The van der Waals surface area contributed by atoms with Crippen LogP contribution in [0.1, 0.15) is 27.7 Å². The fraction of sp³-hybridized carbons (Fsp3) is 1.00. The second-order valence-electron chi connectivity index (χ2n) is 4.92. The highest BCUT2D eigenvalue weighted by molar-refractivity contribution is 4.93. The van der Waals surface area contributed by atoms with Crippen LogP contribution in [-0.4, -0.2) is 46.5 Å². The molecule has 1 aliphatic heterocycles. The van der Waals surface area contributed by atoms with Gasteiger partial charge in [-0.05, 0) is 13.8 Å². The number of aliphatic hydroxyl groups excluding tert-OH is 2. The number of hydrogen-bond acceptors (Lipinski definition) is 3. The molecular formula is C10H21NO2. The molecule has 0 saturated carbocycles. The van der Waals surface area contributed by atoms with Crippen LogP contribution in [-0.2, 0) is 0 Å². The van der Waals surface area contributed by atoms with Gasteiger partial charge in [-0.2, -0.15) is 0 Å². The van der Waals surface area contributed by atoms with Gasteiger partial charge in [0, 0.05) is 24.5 Å². The molecule has 0 bridgehead atoms. The van der Waals surface area contributed by atoms with Crippen LogP contribution in [0, 0.1) is 5.41 Å². The Morgan fingerprint density at radius 3 is 2.23 bits per heavy atom. The first-order valence-corrected chi connectivity index (χ1v) is 4.95. The van der Waals surface area contributed by atoms with Gasteiger partial charge in [0.05, 0.1) is 12.2 Å². The van der Waals surface area contributed by atoms with Crippen LogP contribution in [0.25, 0.3) is 0 Å². The van der Waals surface area contributed by atoms with Crippen LogP contribution in [0.15, 0.2) is 0 Å². The lowest BCUT2D eigenvalue weighted by molar-refractivity contribution is 0.0747. The summed E-state index contributed by atoms with van der Waals surface area (Å²) in [5.74, 6) is 0. The van der Waals surface area contributed by atoms with Gasteiger partial charge in [0.2, 0.25) is 0 Å². The second-order valence-corrected chi connectivity index (χ2v) is 4.92. The summed E-state index contributed by atoms with van der Waals surface area (Å²) < 4.78 is 0. The van der Waals surface area contributed by atoms with Gasteiger partial charge < -0.3 is 10.2 Å². The number of β-amino-alcohol motifs (C(OH)–C–C–N with tert-alkyl or cyclic N) is 1. The van der Waals surface area contributed by atoms with E-state index < -0.39 is 0 Å². The lowest BCUT2D eigenvalue weighted by Crippen LogP contribution is -2.39. The summed E-state index contributed by atoms with van der Waals surface area (Å²) in [4.78, 5) is 2.15. The zero-order valence-corrected chi connectivity index (χ0v) is 8.99. The Hall–Kier alpha value is -0.120. The molecule has 1 saturated heterocycles. The van der Waals surface area contributed by atoms with Gasteiger partial charge >= 0.3 is 0 Å². The molecule has 13 heavy (non-hydrogen) atoms. The fourth-order valence-electron chi connectivity index (χ4n) is 1.78. The van der Waals surface area contributed by atoms with Gasteiger partial charge in [0.15, 0.2) is 0 Å². The Balaban J connectivity index is 2.58. The molecule has 0 aromatic heterocycles. The first-order valence-electron chi connectivity index (χ1n) is 4.95. The standard InChI is InChI=1S/C10H21NO2/c1-7(8(2)12)11-5-9(13)10(3,4)6-11/h7-9,12-13H,5-6H2,1-4H3. The molecule has 3 nitrogen and oxygen atoms in total.